The number of ether oxygens (including phenoxy) is 2. The molecule has 0 radical (unpaired) electrons. The van der Waals surface area contributed by atoms with Gasteiger partial charge in [0.1, 0.15) is 0 Å². The maximum atomic E-state index is 11.9. The molecule has 0 fully saturated rings. The van der Waals surface area contributed by atoms with Crippen LogP contribution in [0.1, 0.15) is 17.5 Å². The van der Waals surface area contributed by atoms with Gasteiger partial charge in [0.15, 0.2) is 16.8 Å². The van der Waals surface area contributed by atoms with Crippen molar-refractivity contribution >= 4 is 16.9 Å². The number of fused-ring (bicyclic) bond motifs is 1. The molecule has 2 aromatic rings. The second-order valence-corrected chi connectivity index (χ2v) is 3.53. The van der Waals surface area contributed by atoms with E-state index in [4.69, 9.17) is 13.9 Å². The van der Waals surface area contributed by atoms with Crippen molar-refractivity contribution in [1.82, 2.24) is 0 Å². The van der Waals surface area contributed by atoms with E-state index in [-0.39, 0.29) is 23.4 Å². The van der Waals surface area contributed by atoms with Gasteiger partial charge >= 0.3 is 5.97 Å². The predicted octanol–water partition coefficient (Wildman–Crippen LogP) is 1.98. The van der Waals surface area contributed by atoms with Gasteiger partial charge in [-0.15, -0.1) is 0 Å². The number of para-hydroxylation sites is 1. The van der Waals surface area contributed by atoms with Gasteiger partial charge in [0.2, 0.25) is 5.76 Å². The van der Waals surface area contributed by atoms with Gasteiger partial charge in [-0.05, 0) is 19.1 Å². The van der Waals surface area contributed by atoms with Gasteiger partial charge in [-0.25, -0.2) is 4.79 Å². The molecule has 2 rings (SSSR count). The van der Waals surface area contributed by atoms with Crippen LogP contribution in [0.4, 0.5) is 0 Å². The van der Waals surface area contributed by atoms with Gasteiger partial charge in [-0.1, -0.05) is 6.07 Å². The van der Waals surface area contributed by atoms with Gasteiger partial charge in [0.25, 0.3) is 0 Å². The van der Waals surface area contributed by atoms with Crippen LogP contribution in [0.3, 0.4) is 0 Å². The van der Waals surface area contributed by atoms with E-state index in [9.17, 15) is 9.59 Å². The number of rotatable bonds is 3. The molecule has 0 aliphatic carbocycles. The van der Waals surface area contributed by atoms with E-state index in [1.165, 1.54) is 7.11 Å². The summed E-state index contributed by atoms with van der Waals surface area (Å²) in [6.07, 6.45) is 0. The van der Waals surface area contributed by atoms with Crippen molar-refractivity contribution in [3.63, 3.8) is 0 Å². The average Bonchev–Trinajstić information content (AvgIpc) is 2.38. The molecule has 0 aliphatic rings. The topological polar surface area (TPSA) is 65.7 Å². The molecule has 0 aliphatic heterocycles. The van der Waals surface area contributed by atoms with Crippen molar-refractivity contribution < 1.29 is 18.7 Å². The molecule has 1 aromatic heterocycles. The SMILES string of the molecule is CCOC(=O)c1cc(=O)c2cccc(OC)c2o1. The summed E-state index contributed by atoms with van der Waals surface area (Å²) >= 11 is 0. The molecule has 5 nitrogen and oxygen atoms in total. The number of esters is 1. The molecule has 0 saturated carbocycles. The minimum absolute atomic E-state index is 0.126. The van der Waals surface area contributed by atoms with E-state index in [2.05, 4.69) is 0 Å². The molecule has 1 aromatic carbocycles. The van der Waals surface area contributed by atoms with Crippen LogP contribution in [-0.4, -0.2) is 19.7 Å². The van der Waals surface area contributed by atoms with Crippen molar-refractivity contribution in [1.29, 1.82) is 0 Å². The molecule has 94 valence electrons. The van der Waals surface area contributed by atoms with E-state index in [1.807, 2.05) is 0 Å². The largest absolute Gasteiger partial charge is 0.493 e. The summed E-state index contributed by atoms with van der Waals surface area (Å²) in [4.78, 5) is 23.4. The first kappa shape index (κ1) is 12.2. The molecule has 0 amide bonds. The lowest BCUT2D eigenvalue weighted by Gasteiger charge is -2.05. The van der Waals surface area contributed by atoms with E-state index in [1.54, 1.807) is 25.1 Å². The zero-order valence-corrected chi connectivity index (χ0v) is 10.1. The third-order valence-corrected chi connectivity index (χ3v) is 2.42. The molecule has 0 atom stereocenters. The first-order chi connectivity index (χ1) is 8.67. The molecule has 0 spiro atoms. The van der Waals surface area contributed by atoms with E-state index in [0.29, 0.717) is 11.1 Å². The minimum Gasteiger partial charge on any atom is -0.493 e. The monoisotopic (exact) mass is 248 g/mol. The van der Waals surface area contributed by atoms with Gasteiger partial charge in [-0.2, -0.15) is 0 Å². The lowest BCUT2D eigenvalue weighted by Crippen LogP contribution is -2.10. The Morgan fingerprint density at radius 2 is 2.17 bits per heavy atom. The fourth-order valence-corrected chi connectivity index (χ4v) is 1.61. The maximum Gasteiger partial charge on any atom is 0.374 e. The number of hydrogen-bond acceptors (Lipinski definition) is 5. The summed E-state index contributed by atoms with van der Waals surface area (Å²) in [6.45, 7) is 1.89. The molecule has 0 N–H and O–H groups in total. The van der Waals surface area contributed by atoms with Crippen LogP contribution in [0.15, 0.2) is 33.5 Å². The summed E-state index contributed by atoms with van der Waals surface area (Å²) in [5.41, 5.74) is -0.0613. The lowest BCUT2D eigenvalue weighted by atomic mass is 10.2. The van der Waals surface area contributed by atoms with Crippen LogP contribution < -0.4 is 10.2 Å². The first-order valence-electron chi connectivity index (χ1n) is 5.45. The van der Waals surface area contributed by atoms with Crippen LogP contribution in [0.5, 0.6) is 5.75 Å². The van der Waals surface area contributed by atoms with Crippen molar-refractivity contribution in [2.24, 2.45) is 0 Å². The molecule has 5 heteroatoms. The normalized spacial score (nSPS) is 10.3. The minimum atomic E-state index is -0.664. The number of hydrogen-bond donors (Lipinski definition) is 0. The van der Waals surface area contributed by atoms with E-state index in [0.717, 1.165) is 6.07 Å². The number of carbonyl (C=O) groups excluding carboxylic acids is 1. The van der Waals surface area contributed by atoms with Crippen LogP contribution in [0.25, 0.3) is 11.0 Å². The van der Waals surface area contributed by atoms with Crippen LogP contribution >= 0.6 is 0 Å². The number of benzene rings is 1. The molecule has 0 unspecified atom stereocenters. The average molecular weight is 248 g/mol. The zero-order valence-electron chi connectivity index (χ0n) is 10.1. The second-order valence-electron chi connectivity index (χ2n) is 3.53. The van der Waals surface area contributed by atoms with Crippen molar-refractivity contribution in [2.45, 2.75) is 6.92 Å². The van der Waals surface area contributed by atoms with Crippen molar-refractivity contribution in [3.05, 3.63) is 40.2 Å². The third-order valence-electron chi connectivity index (χ3n) is 2.42. The highest BCUT2D eigenvalue weighted by Gasteiger charge is 2.15. The summed E-state index contributed by atoms with van der Waals surface area (Å²) in [5, 5.41) is 0.363. The van der Waals surface area contributed by atoms with E-state index >= 15 is 0 Å². The Kier molecular flexibility index (Phi) is 3.32. The Balaban J connectivity index is 2.67. The van der Waals surface area contributed by atoms with Crippen molar-refractivity contribution in [3.8, 4) is 5.75 Å². The first-order valence-corrected chi connectivity index (χ1v) is 5.45. The number of methoxy groups -OCH3 is 1. The smallest absolute Gasteiger partial charge is 0.374 e. The van der Waals surface area contributed by atoms with Crippen LogP contribution in [-0.2, 0) is 4.74 Å². The molecular formula is C13H12O5. The Labute approximate surface area is 103 Å². The maximum absolute atomic E-state index is 11.9. The Morgan fingerprint density at radius 3 is 2.83 bits per heavy atom. The van der Waals surface area contributed by atoms with Gasteiger partial charge in [-0.3, -0.25) is 4.79 Å². The third kappa shape index (κ3) is 2.07. The Hall–Kier alpha value is -2.30. The van der Waals surface area contributed by atoms with Gasteiger partial charge in [0.05, 0.1) is 19.1 Å². The Bertz CT molecular complexity index is 641. The molecule has 18 heavy (non-hydrogen) atoms. The zero-order chi connectivity index (χ0) is 13.1. The van der Waals surface area contributed by atoms with Gasteiger partial charge < -0.3 is 13.9 Å². The quantitative estimate of drug-likeness (QED) is 0.777. The van der Waals surface area contributed by atoms with E-state index < -0.39 is 5.97 Å². The summed E-state index contributed by atoms with van der Waals surface area (Å²) < 4.78 is 15.3. The second kappa shape index (κ2) is 4.91. The van der Waals surface area contributed by atoms with Gasteiger partial charge in [0, 0.05) is 6.07 Å². The summed E-state index contributed by atoms with van der Waals surface area (Å²) in [6, 6.07) is 6.07. The van der Waals surface area contributed by atoms with Crippen LogP contribution in [0, 0.1) is 0 Å². The van der Waals surface area contributed by atoms with Crippen LogP contribution in [0.2, 0.25) is 0 Å². The fraction of sp³-hybridized carbons (Fsp3) is 0.231. The standard InChI is InChI=1S/C13H12O5/c1-3-17-13(15)11-7-9(14)8-5-4-6-10(16-2)12(8)18-11/h4-7H,3H2,1-2H3. The number of carbonyl (C=O) groups is 1. The Morgan fingerprint density at radius 1 is 1.39 bits per heavy atom. The predicted molar refractivity (Wildman–Crippen MR) is 65.0 cm³/mol. The summed E-state index contributed by atoms with van der Waals surface area (Å²) in [5.74, 6) is -0.392. The lowest BCUT2D eigenvalue weighted by molar-refractivity contribution is 0.0490. The molecule has 1 heterocycles. The highest BCUT2D eigenvalue weighted by molar-refractivity contribution is 5.90. The van der Waals surface area contributed by atoms with Crippen molar-refractivity contribution in [2.75, 3.05) is 13.7 Å². The molecule has 0 saturated heterocycles. The fourth-order valence-electron chi connectivity index (χ4n) is 1.61. The highest BCUT2D eigenvalue weighted by Crippen LogP contribution is 2.24. The summed E-state index contributed by atoms with van der Waals surface area (Å²) in [7, 11) is 1.46. The molecule has 0 bridgehead atoms. The molecular weight excluding hydrogens is 236 g/mol. The highest BCUT2D eigenvalue weighted by atomic mass is 16.5.